The minimum absolute atomic E-state index is 0.0763. The molecule has 3 aromatic rings. The topological polar surface area (TPSA) is 55.8 Å². The molecule has 0 aliphatic carbocycles. The Kier molecular flexibility index (Phi) is 6.48. The lowest BCUT2D eigenvalue weighted by atomic mass is 10.0. The molecule has 0 bridgehead atoms. The Labute approximate surface area is 184 Å². The first-order chi connectivity index (χ1) is 15.0. The fourth-order valence-electron chi connectivity index (χ4n) is 3.02. The Morgan fingerprint density at radius 1 is 0.938 bits per heavy atom. The van der Waals surface area contributed by atoms with E-state index in [1.54, 1.807) is 45.0 Å². The predicted molar refractivity (Wildman–Crippen MR) is 113 cm³/mol. The van der Waals surface area contributed by atoms with E-state index in [4.69, 9.17) is 9.47 Å². The van der Waals surface area contributed by atoms with Crippen molar-refractivity contribution >= 4 is 5.97 Å². The number of carbonyl (C=O) groups excluding carboxylic acids is 1. The van der Waals surface area contributed by atoms with Gasteiger partial charge in [0.2, 0.25) is 0 Å². The van der Waals surface area contributed by atoms with Gasteiger partial charge in [0, 0.05) is 5.56 Å². The number of alkyl halides is 3. The van der Waals surface area contributed by atoms with Crippen LogP contribution in [0.3, 0.4) is 0 Å². The van der Waals surface area contributed by atoms with E-state index in [0.717, 1.165) is 23.3 Å². The van der Waals surface area contributed by atoms with Crippen molar-refractivity contribution in [2.75, 3.05) is 0 Å². The molecule has 0 spiro atoms. The van der Waals surface area contributed by atoms with Gasteiger partial charge in [-0.05, 0) is 56.2 Å². The number of phenolic OH excluding ortho intramolecular Hbond substituents is 1. The molecule has 0 aliphatic rings. The Morgan fingerprint density at radius 2 is 1.53 bits per heavy atom. The van der Waals surface area contributed by atoms with Crippen molar-refractivity contribution in [2.24, 2.45) is 0 Å². The standard InChI is InChI=1S/C25H22F3O4/c1-24(2,3)32-23(30)21-18(11-14-20(22(21)29)25(26,27)28)15-31-19-12-9-17(10-13-19)16-7-5-4-6-8-16/h5-14,29H,15H2,1-3H3. The molecule has 0 heterocycles. The summed E-state index contributed by atoms with van der Waals surface area (Å²) in [4.78, 5) is 12.6. The second-order valence-corrected chi connectivity index (χ2v) is 8.10. The van der Waals surface area contributed by atoms with Crippen LogP contribution in [0.4, 0.5) is 13.2 Å². The minimum Gasteiger partial charge on any atom is -0.506 e. The van der Waals surface area contributed by atoms with Gasteiger partial charge in [0.15, 0.2) is 0 Å². The van der Waals surface area contributed by atoms with Gasteiger partial charge in [-0.2, -0.15) is 13.2 Å². The number of halogens is 3. The number of benzene rings is 3. The van der Waals surface area contributed by atoms with Crippen LogP contribution in [0.15, 0.2) is 60.7 Å². The summed E-state index contributed by atoms with van der Waals surface area (Å²) in [5, 5.41) is 10.3. The van der Waals surface area contributed by atoms with Crippen molar-refractivity contribution in [1.29, 1.82) is 0 Å². The number of carbonyl (C=O) groups is 1. The summed E-state index contributed by atoms with van der Waals surface area (Å²) in [5.74, 6) is -1.79. The zero-order valence-electron chi connectivity index (χ0n) is 17.8. The van der Waals surface area contributed by atoms with Crippen LogP contribution in [0.2, 0.25) is 0 Å². The van der Waals surface area contributed by atoms with E-state index in [-0.39, 0.29) is 12.2 Å². The van der Waals surface area contributed by atoms with Crippen molar-refractivity contribution in [3.8, 4) is 22.6 Å². The Bertz CT molecular complexity index is 1080. The highest BCUT2D eigenvalue weighted by Gasteiger charge is 2.37. The maximum Gasteiger partial charge on any atom is 0.419 e. The first-order valence-corrected chi connectivity index (χ1v) is 9.80. The zero-order valence-corrected chi connectivity index (χ0v) is 17.8. The summed E-state index contributed by atoms with van der Waals surface area (Å²) in [6.07, 6.45) is -4.83. The third-order valence-electron chi connectivity index (χ3n) is 4.47. The normalized spacial score (nSPS) is 11.8. The molecule has 0 fully saturated rings. The molecule has 167 valence electrons. The van der Waals surface area contributed by atoms with E-state index in [9.17, 15) is 23.1 Å². The summed E-state index contributed by atoms with van der Waals surface area (Å²) < 4.78 is 50.6. The summed E-state index contributed by atoms with van der Waals surface area (Å²) in [6.45, 7) is 4.51. The Hall–Kier alpha value is -3.48. The van der Waals surface area contributed by atoms with Crippen LogP contribution in [0, 0.1) is 6.07 Å². The van der Waals surface area contributed by atoms with Gasteiger partial charge < -0.3 is 14.6 Å². The highest BCUT2D eigenvalue weighted by atomic mass is 19.4. The van der Waals surface area contributed by atoms with Gasteiger partial charge in [-0.1, -0.05) is 42.5 Å². The molecule has 0 aliphatic heterocycles. The van der Waals surface area contributed by atoms with Gasteiger partial charge in [-0.15, -0.1) is 0 Å². The lowest BCUT2D eigenvalue weighted by Crippen LogP contribution is -2.25. The van der Waals surface area contributed by atoms with Gasteiger partial charge in [0.05, 0.1) is 5.56 Å². The number of hydrogen-bond donors (Lipinski definition) is 1. The van der Waals surface area contributed by atoms with Gasteiger partial charge in [-0.25, -0.2) is 4.79 Å². The summed E-state index contributed by atoms with van der Waals surface area (Å²) in [5.41, 5.74) is -0.810. The molecule has 3 rings (SSSR count). The second-order valence-electron chi connectivity index (χ2n) is 8.10. The predicted octanol–water partition coefficient (Wildman–Crippen LogP) is 6.41. The quantitative estimate of drug-likeness (QED) is 0.463. The van der Waals surface area contributed by atoms with Crippen molar-refractivity contribution < 1.29 is 32.5 Å². The SMILES string of the molecule is CC(C)(C)OC(=O)c1c(COc2ccc(-c3cc[c]cc3)cc2)ccc(C(F)(F)F)c1O. The summed E-state index contributed by atoms with van der Waals surface area (Å²) >= 11 is 0. The number of aromatic hydroxyl groups is 1. The molecule has 0 saturated heterocycles. The van der Waals surface area contributed by atoms with E-state index >= 15 is 0 Å². The van der Waals surface area contributed by atoms with Crippen molar-refractivity contribution in [3.63, 3.8) is 0 Å². The molecule has 32 heavy (non-hydrogen) atoms. The van der Waals surface area contributed by atoms with Crippen molar-refractivity contribution in [1.82, 2.24) is 0 Å². The van der Waals surface area contributed by atoms with Crippen LogP contribution in [0.1, 0.15) is 42.3 Å². The zero-order chi connectivity index (χ0) is 23.5. The molecular formula is C25H22F3O4. The van der Waals surface area contributed by atoms with Crippen molar-refractivity contribution in [2.45, 2.75) is 39.2 Å². The molecule has 7 heteroatoms. The molecule has 4 nitrogen and oxygen atoms in total. The molecule has 0 saturated carbocycles. The maximum absolute atomic E-state index is 13.2. The monoisotopic (exact) mass is 443 g/mol. The van der Waals surface area contributed by atoms with Crippen LogP contribution in [-0.4, -0.2) is 16.7 Å². The van der Waals surface area contributed by atoms with Crippen LogP contribution in [-0.2, 0) is 17.5 Å². The van der Waals surface area contributed by atoms with Gasteiger partial charge in [0.1, 0.15) is 29.3 Å². The number of hydrogen-bond acceptors (Lipinski definition) is 4. The first kappa shape index (κ1) is 23.2. The molecular weight excluding hydrogens is 421 g/mol. The largest absolute Gasteiger partial charge is 0.506 e. The molecule has 0 amide bonds. The van der Waals surface area contributed by atoms with E-state index < -0.39 is 34.6 Å². The van der Waals surface area contributed by atoms with Crippen molar-refractivity contribution in [3.05, 3.63) is 83.4 Å². The lowest BCUT2D eigenvalue weighted by Gasteiger charge is -2.22. The fourth-order valence-corrected chi connectivity index (χ4v) is 3.02. The first-order valence-electron chi connectivity index (χ1n) is 9.80. The van der Waals surface area contributed by atoms with Crippen LogP contribution >= 0.6 is 0 Å². The summed E-state index contributed by atoms with van der Waals surface area (Å²) in [7, 11) is 0. The third kappa shape index (κ3) is 5.60. The van der Waals surface area contributed by atoms with Crippen LogP contribution in [0.5, 0.6) is 11.5 Å². The average molecular weight is 443 g/mol. The highest BCUT2D eigenvalue weighted by Crippen LogP contribution is 2.39. The Balaban J connectivity index is 1.87. The summed E-state index contributed by atoms with van der Waals surface area (Å²) in [6, 6.07) is 19.3. The van der Waals surface area contributed by atoms with E-state index in [1.165, 1.54) is 0 Å². The van der Waals surface area contributed by atoms with E-state index in [2.05, 4.69) is 6.07 Å². The maximum atomic E-state index is 13.2. The van der Waals surface area contributed by atoms with Gasteiger partial charge in [0.25, 0.3) is 0 Å². The number of ether oxygens (including phenoxy) is 2. The lowest BCUT2D eigenvalue weighted by molar-refractivity contribution is -0.138. The molecule has 0 unspecified atom stereocenters. The molecule has 3 aromatic carbocycles. The van der Waals surface area contributed by atoms with Crippen LogP contribution < -0.4 is 4.74 Å². The highest BCUT2D eigenvalue weighted by molar-refractivity contribution is 5.95. The Morgan fingerprint density at radius 3 is 2.09 bits per heavy atom. The van der Waals surface area contributed by atoms with Gasteiger partial charge in [-0.3, -0.25) is 0 Å². The van der Waals surface area contributed by atoms with Gasteiger partial charge >= 0.3 is 12.1 Å². The fraction of sp³-hybridized carbons (Fsp3) is 0.240. The number of esters is 1. The van der Waals surface area contributed by atoms with E-state index in [0.29, 0.717) is 5.75 Å². The molecule has 1 N–H and O–H groups in total. The third-order valence-corrected chi connectivity index (χ3v) is 4.47. The minimum atomic E-state index is -4.83. The number of phenols is 1. The molecule has 1 radical (unpaired) electrons. The smallest absolute Gasteiger partial charge is 0.419 e. The molecule has 0 atom stereocenters. The average Bonchev–Trinajstić information content (AvgIpc) is 2.71. The molecule has 0 aromatic heterocycles. The van der Waals surface area contributed by atoms with Crippen LogP contribution in [0.25, 0.3) is 11.1 Å². The second kappa shape index (κ2) is 8.94. The number of rotatable bonds is 5. The van der Waals surface area contributed by atoms with E-state index in [1.807, 2.05) is 24.3 Å².